The molecule has 122 valence electrons. The fourth-order valence-corrected chi connectivity index (χ4v) is 4.23. The molecule has 3 fully saturated rings. The van der Waals surface area contributed by atoms with Crippen molar-refractivity contribution in [2.45, 2.75) is 19.3 Å². The summed E-state index contributed by atoms with van der Waals surface area (Å²) in [5.41, 5.74) is 0. The number of likely N-dealkylation sites (N-methyl/N-ethyl adjacent to an activating group) is 1. The lowest BCUT2D eigenvalue weighted by Gasteiger charge is -2.34. The van der Waals surface area contributed by atoms with Crippen molar-refractivity contribution in [3.63, 3.8) is 0 Å². The van der Waals surface area contributed by atoms with Gasteiger partial charge in [0.15, 0.2) is 0 Å². The van der Waals surface area contributed by atoms with Crippen LogP contribution in [0.1, 0.15) is 19.3 Å². The van der Waals surface area contributed by atoms with Gasteiger partial charge in [0.1, 0.15) is 0 Å². The third-order valence-corrected chi connectivity index (χ3v) is 5.84. The molecule has 4 heteroatoms. The molecule has 0 spiro atoms. The smallest absolute Gasteiger partial charge is 0.0110 e. The minimum atomic E-state index is 0.930. The minimum absolute atomic E-state index is 0.930. The average Bonchev–Trinajstić information content (AvgIpc) is 2.91. The summed E-state index contributed by atoms with van der Waals surface area (Å²) in [6.45, 7) is 13.1. The van der Waals surface area contributed by atoms with Crippen molar-refractivity contribution in [2.24, 2.45) is 11.8 Å². The number of nitrogens with zero attached hydrogens (tertiary/aromatic N) is 4. The van der Waals surface area contributed by atoms with Crippen LogP contribution in [-0.4, -0.2) is 99.1 Å². The quantitative estimate of drug-likeness (QED) is 0.764. The molecule has 0 aromatic carbocycles. The van der Waals surface area contributed by atoms with Gasteiger partial charge < -0.3 is 19.6 Å². The molecule has 0 aliphatic carbocycles. The summed E-state index contributed by atoms with van der Waals surface area (Å²) in [5, 5.41) is 0. The van der Waals surface area contributed by atoms with E-state index in [0.717, 1.165) is 11.8 Å². The summed E-state index contributed by atoms with van der Waals surface area (Å²) >= 11 is 0. The molecule has 0 bridgehead atoms. The van der Waals surface area contributed by atoms with Crippen LogP contribution in [-0.2, 0) is 0 Å². The van der Waals surface area contributed by atoms with Crippen LogP contribution in [0.3, 0.4) is 0 Å². The van der Waals surface area contributed by atoms with Crippen LogP contribution in [0.4, 0.5) is 0 Å². The van der Waals surface area contributed by atoms with Crippen LogP contribution in [0.15, 0.2) is 0 Å². The van der Waals surface area contributed by atoms with Gasteiger partial charge in [0.25, 0.3) is 0 Å². The third-order valence-electron chi connectivity index (χ3n) is 5.84. The molecule has 1 atom stereocenters. The summed E-state index contributed by atoms with van der Waals surface area (Å²) in [6, 6.07) is 0. The molecule has 4 nitrogen and oxygen atoms in total. The fraction of sp³-hybridized carbons (Fsp3) is 1.00. The van der Waals surface area contributed by atoms with Gasteiger partial charge in [-0.3, -0.25) is 0 Å². The second kappa shape index (κ2) is 7.40. The van der Waals surface area contributed by atoms with Gasteiger partial charge >= 0.3 is 0 Å². The average molecular weight is 294 g/mol. The van der Waals surface area contributed by atoms with Crippen molar-refractivity contribution in [3.05, 3.63) is 0 Å². The molecule has 3 rings (SSSR count). The Morgan fingerprint density at radius 2 is 1.19 bits per heavy atom. The molecular formula is C17H34N4. The minimum Gasteiger partial charge on any atom is -0.306 e. The Hall–Kier alpha value is -0.160. The number of piperidine rings is 1. The Labute approximate surface area is 131 Å². The summed E-state index contributed by atoms with van der Waals surface area (Å²) in [7, 11) is 4.51. The molecule has 0 amide bonds. The Kier molecular flexibility index (Phi) is 5.54. The lowest BCUT2D eigenvalue weighted by Crippen LogP contribution is -2.46. The predicted molar refractivity (Wildman–Crippen MR) is 88.7 cm³/mol. The van der Waals surface area contributed by atoms with Crippen LogP contribution in [0.2, 0.25) is 0 Å². The van der Waals surface area contributed by atoms with E-state index in [-0.39, 0.29) is 0 Å². The van der Waals surface area contributed by atoms with Crippen LogP contribution in [0.5, 0.6) is 0 Å². The molecule has 3 heterocycles. The van der Waals surface area contributed by atoms with E-state index in [9.17, 15) is 0 Å². The monoisotopic (exact) mass is 294 g/mol. The summed E-state index contributed by atoms with van der Waals surface area (Å²) in [6.07, 6.45) is 4.26. The first kappa shape index (κ1) is 15.7. The molecule has 3 aliphatic heterocycles. The predicted octanol–water partition coefficient (Wildman–Crippen LogP) is 0.898. The van der Waals surface area contributed by atoms with E-state index >= 15 is 0 Å². The molecule has 3 aliphatic rings. The summed E-state index contributed by atoms with van der Waals surface area (Å²) in [4.78, 5) is 10.4. The molecular weight excluding hydrogens is 260 g/mol. The van der Waals surface area contributed by atoms with Gasteiger partial charge in [-0.15, -0.1) is 0 Å². The molecule has 3 saturated heterocycles. The highest BCUT2D eigenvalue weighted by atomic mass is 15.3. The van der Waals surface area contributed by atoms with Crippen molar-refractivity contribution in [2.75, 3.05) is 79.5 Å². The Morgan fingerprint density at radius 1 is 0.619 bits per heavy atom. The zero-order valence-corrected chi connectivity index (χ0v) is 14.1. The zero-order chi connectivity index (χ0) is 14.7. The Balaban J connectivity index is 1.35. The van der Waals surface area contributed by atoms with E-state index in [1.165, 1.54) is 84.7 Å². The van der Waals surface area contributed by atoms with Crippen LogP contribution >= 0.6 is 0 Å². The number of hydrogen-bond acceptors (Lipinski definition) is 4. The highest BCUT2D eigenvalue weighted by Crippen LogP contribution is 2.23. The van der Waals surface area contributed by atoms with E-state index in [4.69, 9.17) is 0 Å². The van der Waals surface area contributed by atoms with Gasteiger partial charge in [-0.25, -0.2) is 0 Å². The number of hydrogen-bond donors (Lipinski definition) is 0. The van der Waals surface area contributed by atoms with Gasteiger partial charge in [0.05, 0.1) is 0 Å². The Bertz CT molecular complexity index is 276. The van der Waals surface area contributed by atoms with Crippen molar-refractivity contribution in [3.8, 4) is 0 Å². The first-order chi connectivity index (χ1) is 10.2. The largest absolute Gasteiger partial charge is 0.306 e. The summed E-state index contributed by atoms with van der Waals surface area (Å²) < 4.78 is 0. The van der Waals surface area contributed by atoms with E-state index in [0.29, 0.717) is 0 Å². The Morgan fingerprint density at radius 3 is 1.90 bits per heavy atom. The van der Waals surface area contributed by atoms with Crippen LogP contribution in [0.25, 0.3) is 0 Å². The molecule has 0 saturated carbocycles. The van der Waals surface area contributed by atoms with E-state index in [1.54, 1.807) is 0 Å². The lowest BCUT2D eigenvalue weighted by atomic mass is 9.96. The molecule has 0 radical (unpaired) electrons. The SMILES string of the molecule is CN1CCC(CN2CCC(CN3CCN(C)CC3)C2)CC1. The van der Waals surface area contributed by atoms with Crippen molar-refractivity contribution in [1.29, 1.82) is 0 Å². The molecule has 0 aromatic rings. The third kappa shape index (κ3) is 4.65. The van der Waals surface area contributed by atoms with Crippen LogP contribution in [0, 0.1) is 11.8 Å². The summed E-state index contributed by atoms with van der Waals surface area (Å²) in [5.74, 6) is 1.89. The second-order valence-corrected chi connectivity index (χ2v) is 7.76. The van der Waals surface area contributed by atoms with Gasteiger partial charge in [0, 0.05) is 45.8 Å². The molecule has 0 N–H and O–H groups in total. The second-order valence-electron chi connectivity index (χ2n) is 7.76. The van der Waals surface area contributed by atoms with E-state index in [2.05, 4.69) is 33.7 Å². The van der Waals surface area contributed by atoms with Crippen LogP contribution < -0.4 is 0 Å². The normalized spacial score (nSPS) is 32.0. The highest BCUT2D eigenvalue weighted by molar-refractivity contribution is 4.82. The topological polar surface area (TPSA) is 13.0 Å². The van der Waals surface area contributed by atoms with Gasteiger partial charge in [-0.05, 0) is 64.8 Å². The first-order valence-electron chi connectivity index (χ1n) is 9.01. The lowest BCUT2D eigenvalue weighted by molar-refractivity contribution is 0.133. The van der Waals surface area contributed by atoms with Crippen molar-refractivity contribution >= 4 is 0 Å². The van der Waals surface area contributed by atoms with E-state index < -0.39 is 0 Å². The van der Waals surface area contributed by atoms with Gasteiger partial charge in [-0.1, -0.05) is 0 Å². The molecule has 0 aromatic heterocycles. The van der Waals surface area contributed by atoms with Gasteiger partial charge in [-0.2, -0.15) is 0 Å². The highest BCUT2D eigenvalue weighted by Gasteiger charge is 2.28. The number of rotatable bonds is 4. The maximum atomic E-state index is 2.76. The zero-order valence-electron chi connectivity index (χ0n) is 14.1. The van der Waals surface area contributed by atoms with E-state index in [1.807, 2.05) is 0 Å². The van der Waals surface area contributed by atoms with Gasteiger partial charge in [0.2, 0.25) is 0 Å². The number of piperazine rings is 1. The number of likely N-dealkylation sites (tertiary alicyclic amines) is 2. The standard InChI is InChI=1S/C17H34N4/c1-18-6-3-16(4-7-18)13-21-8-5-17(15-21)14-20-11-9-19(2)10-12-20/h16-17H,3-15H2,1-2H3. The fourth-order valence-electron chi connectivity index (χ4n) is 4.23. The van der Waals surface area contributed by atoms with Crippen molar-refractivity contribution < 1.29 is 0 Å². The maximum Gasteiger partial charge on any atom is 0.0110 e. The van der Waals surface area contributed by atoms with Crippen molar-refractivity contribution in [1.82, 2.24) is 19.6 Å². The molecule has 1 unspecified atom stereocenters. The first-order valence-corrected chi connectivity index (χ1v) is 9.01. The maximum absolute atomic E-state index is 2.76. The molecule has 21 heavy (non-hydrogen) atoms.